The van der Waals surface area contributed by atoms with Gasteiger partial charge in [0.25, 0.3) is 5.56 Å². The molecule has 1 atom stereocenters. The molecule has 1 unspecified atom stereocenters. The maximum absolute atomic E-state index is 13.1. The third-order valence-corrected chi connectivity index (χ3v) is 5.40. The first-order chi connectivity index (χ1) is 15.5. The fourth-order valence-electron chi connectivity index (χ4n) is 3.67. The molecule has 0 aliphatic rings. The van der Waals surface area contributed by atoms with Crippen molar-refractivity contribution in [3.63, 3.8) is 0 Å². The minimum atomic E-state index is -0.907. The molecule has 1 N–H and O–H groups in total. The number of aliphatic hydroxyl groups is 1. The van der Waals surface area contributed by atoms with Crippen molar-refractivity contribution in [2.24, 2.45) is 0 Å². The Morgan fingerprint density at radius 1 is 0.969 bits per heavy atom. The predicted octanol–water partition coefficient (Wildman–Crippen LogP) is 4.13. The Kier molecular flexibility index (Phi) is 6.23. The minimum absolute atomic E-state index is 0.0255. The number of benzene rings is 3. The first kappa shape index (κ1) is 21.6. The lowest BCUT2D eigenvalue weighted by Gasteiger charge is -2.16. The van der Waals surface area contributed by atoms with E-state index >= 15 is 0 Å². The lowest BCUT2D eigenvalue weighted by atomic mass is 9.99. The third-order valence-electron chi connectivity index (χ3n) is 5.40. The summed E-state index contributed by atoms with van der Waals surface area (Å²) in [4.78, 5) is 13.1. The van der Waals surface area contributed by atoms with Crippen molar-refractivity contribution < 1.29 is 14.6 Å². The molecular weight excluding hydrogens is 404 g/mol. The van der Waals surface area contributed by atoms with Crippen LogP contribution in [0.15, 0.2) is 71.5 Å². The van der Waals surface area contributed by atoms with Crippen LogP contribution >= 0.6 is 0 Å². The molecule has 0 amide bonds. The third kappa shape index (κ3) is 4.50. The number of ether oxygens (including phenoxy) is 2. The number of aromatic nitrogens is 2. The van der Waals surface area contributed by atoms with E-state index in [9.17, 15) is 9.90 Å². The van der Waals surface area contributed by atoms with Gasteiger partial charge < -0.3 is 14.6 Å². The summed E-state index contributed by atoms with van der Waals surface area (Å²) in [7, 11) is 1.60. The molecule has 0 spiro atoms. The second-order valence-electron chi connectivity index (χ2n) is 7.84. The summed E-state index contributed by atoms with van der Waals surface area (Å²) in [6, 6.07) is 20.7. The van der Waals surface area contributed by atoms with E-state index in [2.05, 4.69) is 17.2 Å². The van der Waals surface area contributed by atoms with Gasteiger partial charge in [-0.25, -0.2) is 4.68 Å². The highest BCUT2D eigenvalue weighted by atomic mass is 16.5. The standard InChI is InChI=1S/C26H26N2O4/c1-17-8-9-18(2)24(14-17)25-22-6-4-5-7-23(22)26(30)28(27-25)15-19(29)16-32-21-12-10-20(31-3)11-13-21/h4-14,19,29H,15-16H2,1-3H3. The van der Waals surface area contributed by atoms with Crippen LogP contribution in [0.25, 0.3) is 22.0 Å². The van der Waals surface area contributed by atoms with E-state index in [0.717, 1.165) is 33.5 Å². The van der Waals surface area contributed by atoms with E-state index in [1.165, 1.54) is 4.68 Å². The van der Waals surface area contributed by atoms with Crippen LogP contribution in [0.1, 0.15) is 11.1 Å². The van der Waals surface area contributed by atoms with Gasteiger partial charge in [-0.2, -0.15) is 5.10 Å². The molecule has 3 aromatic carbocycles. The first-order valence-corrected chi connectivity index (χ1v) is 10.5. The molecule has 0 aliphatic heterocycles. The quantitative estimate of drug-likeness (QED) is 0.477. The average molecular weight is 431 g/mol. The number of fused-ring (bicyclic) bond motifs is 1. The predicted molar refractivity (Wildman–Crippen MR) is 125 cm³/mol. The van der Waals surface area contributed by atoms with Crippen molar-refractivity contribution in [2.75, 3.05) is 13.7 Å². The lowest BCUT2D eigenvalue weighted by Crippen LogP contribution is -2.32. The molecule has 32 heavy (non-hydrogen) atoms. The number of hydrogen-bond acceptors (Lipinski definition) is 5. The fourth-order valence-corrected chi connectivity index (χ4v) is 3.67. The number of methoxy groups -OCH3 is 1. The molecule has 0 aliphatic carbocycles. The maximum Gasteiger partial charge on any atom is 0.274 e. The van der Waals surface area contributed by atoms with Crippen LogP contribution in [0.4, 0.5) is 0 Å². The Labute approximate surface area is 186 Å². The average Bonchev–Trinajstić information content (AvgIpc) is 2.81. The number of nitrogens with zero attached hydrogens (tertiary/aromatic N) is 2. The van der Waals surface area contributed by atoms with Gasteiger partial charge in [-0.05, 0) is 55.8 Å². The molecule has 4 rings (SSSR count). The second-order valence-corrected chi connectivity index (χ2v) is 7.84. The summed E-state index contributed by atoms with van der Waals surface area (Å²) in [5.74, 6) is 1.34. The van der Waals surface area contributed by atoms with Gasteiger partial charge >= 0.3 is 0 Å². The molecule has 6 nitrogen and oxygen atoms in total. The molecule has 1 heterocycles. The highest BCUT2D eigenvalue weighted by molar-refractivity contribution is 5.94. The molecule has 0 saturated carbocycles. The van der Waals surface area contributed by atoms with Crippen molar-refractivity contribution >= 4 is 10.8 Å². The van der Waals surface area contributed by atoms with E-state index in [-0.39, 0.29) is 18.7 Å². The largest absolute Gasteiger partial charge is 0.497 e. The summed E-state index contributed by atoms with van der Waals surface area (Å²) >= 11 is 0. The summed E-state index contributed by atoms with van der Waals surface area (Å²) in [6.07, 6.45) is -0.907. The SMILES string of the molecule is COc1ccc(OCC(O)Cn2nc(-c3cc(C)ccc3C)c3ccccc3c2=O)cc1. The maximum atomic E-state index is 13.1. The molecule has 0 radical (unpaired) electrons. The molecule has 6 heteroatoms. The molecule has 0 bridgehead atoms. The molecular formula is C26H26N2O4. The van der Waals surface area contributed by atoms with E-state index in [1.54, 1.807) is 37.4 Å². The summed E-state index contributed by atoms with van der Waals surface area (Å²) in [5.41, 5.74) is 3.64. The summed E-state index contributed by atoms with van der Waals surface area (Å²) in [5, 5.41) is 16.6. The molecule has 1 aromatic heterocycles. The number of rotatable bonds is 7. The second kappa shape index (κ2) is 9.24. The zero-order valence-corrected chi connectivity index (χ0v) is 18.4. The van der Waals surface area contributed by atoms with E-state index in [4.69, 9.17) is 9.47 Å². The normalized spacial score (nSPS) is 12.0. The van der Waals surface area contributed by atoms with Crippen LogP contribution in [0, 0.1) is 13.8 Å². The lowest BCUT2D eigenvalue weighted by molar-refractivity contribution is 0.0882. The van der Waals surface area contributed by atoms with Crippen LogP contribution in [-0.2, 0) is 6.54 Å². The van der Waals surface area contributed by atoms with Crippen LogP contribution in [-0.4, -0.2) is 34.7 Å². The highest BCUT2D eigenvalue weighted by Gasteiger charge is 2.16. The Morgan fingerprint density at radius 2 is 1.66 bits per heavy atom. The van der Waals surface area contributed by atoms with E-state index in [1.807, 2.05) is 38.1 Å². The fraction of sp³-hybridized carbons (Fsp3) is 0.231. The van der Waals surface area contributed by atoms with Gasteiger partial charge in [-0.1, -0.05) is 35.9 Å². The monoisotopic (exact) mass is 430 g/mol. The van der Waals surface area contributed by atoms with E-state index < -0.39 is 6.10 Å². The zero-order chi connectivity index (χ0) is 22.7. The van der Waals surface area contributed by atoms with Crippen molar-refractivity contribution in [2.45, 2.75) is 26.5 Å². The Morgan fingerprint density at radius 3 is 2.38 bits per heavy atom. The van der Waals surface area contributed by atoms with Crippen molar-refractivity contribution in [3.05, 3.63) is 88.2 Å². The molecule has 4 aromatic rings. The Hall–Kier alpha value is -3.64. The summed E-state index contributed by atoms with van der Waals surface area (Å²) in [6.45, 7) is 4.11. The van der Waals surface area contributed by atoms with Crippen LogP contribution in [0.3, 0.4) is 0 Å². The Balaban J connectivity index is 1.64. The minimum Gasteiger partial charge on any atom is -0.497 e. The van der Waals surface area contributed by atoms with Crippen molar-refractivity contribution in [1.82, 2.24) is 9.78 Å². The van der Waals surface area contributed by atoms with Crippen LogP contribution < -0.4 is 15.0 Å². The molecule has 0 saturated heterocycles. The van der Waals surface area contributed by atoms with Gasteiger partial charge in [0, 0.05) is 10.9 Å². The van der Waals surface area contributed by atoms with Crippen molar-refractivity contribution in [1.29, 1.82) is 0 Å². The molecule has 164 valence electrons. The van der Waals surface area contributed by atoms with Gasteiger partial charge in [-0.15, -0.1) is 0 Å². The Bertz CT molecular complexity index is 1300. The van der Waals surface area contributed by atoms with Crippen molar-refractivity contribution in [3.8, 4) is 22.8 Å². The smallest absolute Gasteiger partial charge is 0.274 e. The van der Waals surface area contributed by atoms with Gasteiger partial charge in [-0.3, -0.25) is 4.79 Å². The van der Waals surface area contributed by atoms with E-state index in [0.29, 0.717) is 11.1 Å². The van der Waals surface area contributed by atoms with Crippen LogP contribution in [0.2, 0.25) is 0 Å². The zero-order valence-electron chi connectivity index (χ0n) is 18.4. The number of hydrogen-bond donors (Lipinski definition) is 1. The first-order valence-electron chi connectivity index (χ1n) is 10.5. The van der Waals surface area contributed by atoms with Gasteiger partial charge in [0.05, 0.1) is 24.7 Å². The number of aliphatic hydroxyl groups excluding tert-OH is 1. The van der Waals surface area contributed by atoms with Gasteiger partial charge in [0.1, 0.15) is 24.2 Å². The summed E-state index contributed by atoms with van der Waals surface area (Å²) < 4.78 is 12.1. The van der Waals surface area contributed by atoms with Crippen LogP contribution in [0.5, 0.6) is 11.5 Å². The highest BCUT2D eigenvalue weighted by Crippen LogP contribution is 2.28. The van der Waals surface area contributed by atoms with Gasteiger partial charge in [0.2, 0.25) is 0 Å². The topological polar surface area (TPSA) is 73.6 Å². The molecule has 0 fully saturated rings. The van der Waals surface area contributed by atoms with Gasteiger partial charge in [0.15, 0.2) is 0 Å². The number of aryl methyl sites for hydroxylation is 2.